The van der Waals surface area contributed by atoms with Crippen molar-refractivity contribution in [3.63, 3.8) is 0 Å². The van der Waals surface area contributed by atoms with Crippen molar-refractivity contribution in [3.8, 4) is 22.3 Å². The Morgan fingerprint density at radius 1 is 0.788 bits per heavy atom. The van der Waals surface area contributed by atoms with Crippen LogP contribution in [-0.4, -0.2) is 19.3 Å². The van der Waals surface area contributed by atoms with Crippen LogP contribution in [0.1, 0.15) is 42.9 Å². The number of rotatable bonds is 5. The molecule has 0 bridgehead atoms. The van der Waals surface area contributed by atoms with E-state index in [0.717, 1.165) is 18.4 Å². The fraction of sp³-hybridized carbons (Fsp3) is 0.286. The highest BCUT2D eigenvalue weighted by Crippen LogP contribution is 2.37. The molecule has 5 rings (SSSR count). The van der Waals surface area contributed by atoms with E-state index in [-0.39, 0.29) is 35.1 Å². The second-order valence-corrected chi connectivity index (χ2v) is 8.64. The van der Waals surface area contributed by atoms with Gasteiger partial charge in [-0.15, -0.1) is 0 Å². The van der Waals surface area contributed by atoms with Crippen molar-refractivity contribution < 1.29 is 22.6 Å². The summed E-state index contributed by atoms with van der Waals surface area (Å²) in [5.41, 5.74) is 3.04. The molecule has 5 heteroatoms. The van der Waals surface area contributed by atoms with E-state index in [0.29, 0.717) is 29.9 Å². The molecule has 2 heterocycles. The fourth-order valence-electron chi connectivity index (χ4n) is 4.51. The Bertz CT molecular complexity index is 1170. The molecule has 0 N–H and O–H groups in total. The lowest BCUT2D eigenvalue weighted by Gasteiger charge is -2.28. The molecule has 2 aliphatic rings. The third-order valence-corrected chi connectivity index (χ3v) is 6.48. The van der Waals surface area contributed by atoms with Gasteiger partial charge < -0.3 is 9.47 Å². The molecular weight excluding hydrogens is 425 g/mol. The van der Waals surface area contributed by atoms with Crippen molar-refractivity contribution in [2.24, 2.45) is 0 Å². The summed E-state index contributed by atoms with van der Waals surface area (Å²) in [5, 5.41) is 0. The predicted octanol–water partition coefficient (Wildman–Crippen LogP) is 7.35. The number of halogens is 3. The van der Waals surface area contributed by atoms with E-state index in [9.17, 15) is 13.2 Å². The number of hydrogen-bond donors (Lipinski definition) is 0. The second-order valence-electron chi connectivity index (χ2n) is 8.64. The van der Waals surface area contributed by atoms with Crippen LogP contribution < -0.4 is 0 Å². The first kappa shape index (κ1) is 21.9. The van der Waals surface area contributed by atoms with Gasteiger partial charge in [0.1, 0.15) is 11.9 Å². The third kappa shape index (κ3) is 4.48. The van der Waals surface area contributed by atoms with Gasteiger partial charge in [-0.25, -0.2) is 13.2 Å². The average Bonchev–Trinajstić information content (AvgIpc) is 3.67. The van der Waals surface area contributed by atoms with Crippen molar-refractivity contribution in [2.75, 3.05) is 13.2 Å². The van der Waals surface area contributed by atoms with E-state index in [4.69, 9.17) is 9.47 Å². The molecular formula is C28H25F3O2. The molecule has 0 aliphatic carbocycles. The molecule has 2 nitrogen and oxygen atoms in total. The van der Waals surface area contributed by atoms with Crippen LogP contribution in [0.3, 0.4) is 0 Å². The summed E-state index contributed by atoms with van der Waals surface area (Å²) < 4.78 is 54.9. The number of epoxide rings is 1. The third-order valence-electron chi connectivity index (χ3n) is 6.48. The molecule has 3 unspecified atom stereocenters. The zero-order chi connectivity index (χ0) is 22.9. The standard InChI is InChI=1S/C28H25F3O2/c1-2-3-21-10-8-20(15-32-21)19-9-11-22(25(29)14-19)17-4-6-18(7-5-17)23-12-13-24(26-16-33-26)28(31)27(23)30/h2-7,9,11-14,20-21,26H,8,10,15-16H2,1H3/b3-2+. The van der Waals surface area contributed by atoms with E-state index in [1.54, 1.807) is 48.5 Å². The fourth-order valence-corrected chi connectivity index (χ4v) is 4.51. The molecule has 3 aromatic rings. The zero-order valence-electron chi connectivity index (χ0n) is 18.4. The summed E-state index contributed by atoms with van der Waals surface area (Å²) in [6.45, 7) is 2.97. The highest BCUT2D eigenvalue weighted by atomic mass is 19.2. The molecule has 0 aromatic heterocycles. The zero-order valence-corrected chi connectivity index (χ0v) is 18.4. The van der Waals surface area contributed by atoms with Crippen LogP contribution in [0.15, 0.2) is 66.7 Å². The van der Waals surface area contributed by atoms with Gasteiger partial charge in [-0.2, -0.15) is 0 Å². The number of allylic oxidation sites excluding steroid dienone is 1. The lowest BCUT2D eigenvalue weighted by molar-refractivity contribution is 0.0326. The first-order valence-corrected chi connectivity index (χ1v) is 11.3. The monoisotopic (exact) mass is 450 g/mol. The first-order valence-electron chi connectivity index (χ1n) is 11.3. The molecule has 170 valence electrons. The maximum absolute atomic E-state index is 15.0. The minimum absolute atomic E-state index is 0.144. The maximum Gasteiger partial charge on any atom is 0.167 e. The van der Waals surface area contributed by atoms with Gasteiger partial charge in [0.05, 0.1) is 19.3 Å². The molecule has 0 saturated carbocycles. The van der Waals surface area contributed by atoms with Crippen molar-refractivity contribution in [2.45, 2.75) is 37.9 Å². The van der Waals surface area contributed by atoms with Gasteiger partial charge in [0, 0.05) is 22.6 Å². The number of hydrogen-bond acceptors (Lipinski definition) is 2. The van der Waals surface area contributed by atoms with Crippen molar-refractivity contribution in [1.29, 1.82) is 0 Å². The van der Waals surface area contributed by atoms with E-state index in [2.05, 4.69) is 6.08 Å². The molecule has 0 radical (unpaired) electrons. The molecule has 2 fully saturated rings. The molecule has 2 saturated heterocycles. The van der Waals surface area contributed by atoms with Crippen LogP contribution in [0.5, 0.6) is 0 Å². The maximum atomic E-state index is 15.0. The van der Waals surface area contributed by atoms with Crippen LogP contribution in [0.2, 0.25) is 0 Å². The molecule has 0 amide bonds. The van der Waals surface area contributed by atoms with Gasteiger partial charge in [-0.3, -0.25) is 0 Å². The minimum Gasteiger partial charge on any atom is -0.374 e. The molecule has 3 atom stereocenters. The highest BCUT2D eigenvalue weighted by molar-refractivity contribution is 5.71. The number of ether oxygens (including phenoxy) is 2. The van der Waals surface area contributed by atoms with Crippen LogP contribution in [0.4, 0.5) is 13.2 Å². The van der Waals surface area contributed by atoms with Crippen molar-refractivity contribution >= 4 is 0 Å². The molecule has 2 aliphatic heterocycles. The van der Waals surface area contributed by atoms with Gasteiger partial charge in [-0.1, -0.05) is 60.7 Å². The summed E-state index contributed by atoms with van der Waals surface area (Å²) >= 11 is 0. The number of benzene rings is 3. The lowest BCUT2D eigenvalue weighted by Crippen LogP contribution is -2.23. The smallest absolute Gasteiger partial charge is 0.167 e. The van der Waals surface area contributed by atoms with E-state index in [1.165, 1.54) is 0 Å². The Morgan fingerprint density at radius 2 is 1.48 bits per heavy atom. The SMILES string of the molecule is C/C=C/C1CCC(c2ccc(-c3ccc(-c4ccc(C5CO5)c(F)c4F)cc3)c(F)c2)CO1. The largest absolute Gasteiger partial charge is 0.374 e. The Labute approximate surface area is 191 Å². The summed E-state index contributed by atoms with van der Waals surface area (Å²) in [7, 11) is 0. The van der Waals surface area contributed by atoms with E-state index < -0.39 is 11.6 Å². The van der Waals surface area contributed by atoms with Crippen molar-refractivity contribution in [3.05, 3.63) is 95.3 Å². The summed E-state index contributed by atoms with van der Waals surface area (Å²) in [5.74, 6) is -1.89. The molecule has 33 heavy (non-hydrogen) atoms. The van der Waals surface area contributed by atoms with Gasteiger partial charge >= 0.3 is 0 Å². The molecule has 0 spiro atoms. The Morgan fingerprint density at radius 3 is 2.09 bits per heavy atom. The highest BCUT2D eigenvalue weighted by Gasteiger charge is 2.30. The summed E-state index contributed by atoms with van der Waals surface area (Å²) in [6.07, 6.45) is 5.72. The second kappa shape index (κ2) is 9.16. The van der Waals surface area contributed by atoms with Crippen LogP contribution in [-0.2, 0) is 9.47 Å². The Kier molecular flexibility index (Phi) is 6.09. The molecule has 3 aromatic carbocycles. The average molecular weight is 451 g/mol. The Hall–Kier alpha value is -2.89. The Balaban J connectivity index is 1.34. The van der Waals surface area contributed by atoms with Gasteiger partial charge in [-0.05, 0) is 42.5 Å². The van der Waals surface area contributed by atoms with Gasteiger partial charge in [0.25, 0.3) is 0 Å². The van der Waals surface area contributed by atoms with Gasteiger partial charge in [0.15, 0.2) is 11.6 Å². The van der Waals surface area contributed by atoms with E-state index >= 15 is 0 Å². The first-order chi connectivity index (χ1) is 16.0. The predicted molar refractivity (Wildman–Crippen MR) is 122 cm³/mol. The van der Waals surface area contributed by atoms with Crippen LogP contribution in [0, 0.1) is 17.5 Å². The van der Waals surface area contributed by atoms with Crippen molar-refractivity contribution in [1.82, 2.24) is 0 Å². The van der Waals surface area contributed by atoms with Gasteiger partial charge in [0.2, 0.25) is 0 Å². The minimum atomic E-state index is -0.891. The topological polar surface area (TPSA) is 21.8 Å². The summed E-state index contributed by atoms with van der Waals surface area (Å²) in [6, 6.07) is 15.3. The normalized spacial score (nSPS) is 22.6. The van der Waals surface area contributed by atoms with Crippen LogP contribution in [0.25, 0.3) is 22.3 Å². The van der Waals surface area contributed by atoms with E-state index in [1.807, 2.05) is 19.1 Å². The van der Waals surface area contributed by atoms with Crippen LogP contribution >= 0.6 is 0 Å². The quantitative estimate of drug-likeness (QED) is 0.299. The lowest BCUT2D eigenvalue weighted by atomic mass is 9.89. The summed E-state index contributed by atoms with van der Waals surface area (Å²) in [4.78, 5) is 0.